The number of furan rings is 1. The highest BCUT2D eigenvalue weighted by atomic mass is 32.2. The smallest absolute Gasteiger partial charge is 0.326 e. The first-order valence-corrected chi connectivity index (χ1v) is 13.1. The first-order valence-electron chi connectivity index (χ1n) is 11.6. The molecule has 1 atom stereocenters. The molecule has 0 bridgehead atoms. The lowest BCUT2D eigenvalue weighted by atomic mass is 10.1. The SMILES string of the molecule is CC1Cc2ccc(S(=O)(=O)NCc3ccco3)cc2N1C(=O)Nc1ccc(N2CCOCC2)cc1. The highest BCUT2D eigenvalue weighted by Gasteiger charge is 2.32. The van der Waals surface area contributed by atoms with Gasteiger partial charge in [0.05, 0.1) is 36.6 Å². The number of amides is 2. The molecule has 5 rings (SSSR count). The molecular weight excluding hydrogens is 468 g/mol. The van der Waals surface area contributed by atoms with Crippen molar-refractivity contribution in [3.8, 4) is 0 Å². The quantitative estimate of drug-likeness (QED) is 0.541. The number of sulfonamides is 1. The summed E-state index contributed by atoms with van der Waals surface area (Å²) < 4.78 is 38.9. The lowest BCUT2D eigenvalue weighted by Crippen LogP contribution is -2.39. The molecule has 0 saturated carbocycles. The van der Waals surface area contributed by atoms with Gasteiger partial charge in [0, 0.05) is 30.5 Å². The Morgan fingerprint density at radius 1 is 1.09 bits per heavy atom. The van der Waals surface area contributed by atoms with Gasteiger partial charge in [0.1, 0.15) is 5.76 Å². The van der Waals surface area contributed by atoms with Crippen molar-refractivity contribution in [3.05, 3.63) is 72.2 Å². The Labute approximate surface area is 204 Å². The van der Waals surface area contributed by atoms with Gasteiger partial charge in [0.25, 0.3) is 0 Å². The number of benzene rings is 2. The number of rotatable bonds is 6. The van der Waals surface area contributed by atoms with Crippen LogP contribution in [0.1, 0.15) is 18.2 Å². The molecule has 1 unspecified atom stereocenters. The number of urea groups is 1. The molecule has 10 heteroatoms. The first-order chi connectivity index (χ1) is 16.9. The maximum Gasteiger partial charge on any atom is 0.326 e. The van der Waals surface area contributed by atoms with Crippen molar-refractivity contribution in [1.82, 2.24) is 4.72 Å². The highest BCUT2D eigenvalue weighted by Crippen LogP contribution is 2.35. The predicted octanol–water partition coefficient (Wildman–Crippen LogP) is 3.58. The second-order valence-corrected chi connectivity index (χ2v) is 10.5. The Morgan fingerprint density at radius 2 is 1.86 bits per heavy atom. The molecule has 1 fully saturated rings. The Morgan fingerprint density at radius 3 is 2.57 bits per heavy atom. The standard InChI is InChI=1S/C25H28N4O5S/c1-18-15-19-4-9-23(35(31,32)26-17-22-3-2-12-34-22)16-24(19)29(18)25(30)27-20-5-7-21(8-6-20)28-10-13-33-14-11-28/h2-9,12,16,18,26H,10-11,13-15,17H2,1H3,(H,27,30). The summed E-state index contributed by atoms with van der Waals surface area (Å²) in [6, 6.07) is 15.6. The van der Waals surface area contributed by atoms with Crippen molar-refractivity contribution in [2.75, 3.05) is 41.4 Å². The van der Waals surface area contributed by atoms with Gasteiger partial charge in [-0.05, 0) is 67.4 Å². The van der Waals surface area contributed by atoms with Crippen LogP contribution in [0.2, 0.25) is 0 Å². The molecule has 0 spiro atoms. The van der Waals surface area contributed by atoms with E-state index in [2.05, 4.69) is 14.9 Å². The molecule has 2 aliphatic heterocycles. The average molecular weight is 497 g/mol. The van der Waals surface area contributed by atoms with Crippen molar-refractivity contribution < 1.29 is 22.4 Å². The zero-order valence-electron chi connectivity index (χ0n) is 19.4. The van der Waals surface area contributed by atoms with E-state index in [0.29, 0.717) is 36.8 Å². The van der Waals surface area contributed by atoms with E-state index >= 15 is 0 Å². The zero-order chi connectivity index (χ0) is 24.4. The van der Waals surface area contributed by atoms with Crippen LogP contribution in [0.25, 0.3) is 0 Å². The summed E-state index contributed by atoms with van der Waals surface area (Å²) in [4.78, 5) is 17.2. The number of morpholine rings is 1. The van der Waals surface area contributed by atoms with Crippen LogP contribution in [0.15, 0.2) is 70.2 Å². The minimum Gasteiger partial charge on any atom is -0.468 e. The average Bonchev–Trinajstić information content (AvgIpc) is 3.50. The minimum atomic E-state index is -3.78. The number of carbonyl (C=O) groups excluding carboxylic acids is 1. The van der Waals surface area contributed by atoms with Gasteiger partial charge in [0.15, 0.2) is 0 Å². The van der Waals surface area contributed by atoms with Crippen LogP contribution in [0.5, 0.6) is 0 Å². The van der Waals surface area contributed by atoms with Gasteiger partial charge >= 0.3 is 6.03 Å². The molecule has 184 valence electrons. The van der Waals surface area contributed by atoms with E-state index in [4.69, 9.17) is 9.15 Å². The van der Waals surface area contributed by atoms with Crippen LogP contribution in [0.4, 0.5) is 21.9 Å². The van der Waals surface area contributed by atoms with E-state index in [1.54, 1.807) is 35.2 Å². The maximum atomic E-state index is 13.2. The van der Waals surface area contributed by atoms with E-state index in [9.17, 15) is 13.2 Å². The molecule has 1 aromatic heterocycles. The molecule has 2 aliphatic rings. The van der Waals surface area contributed by atoms with Crippen molar-refractivity contribution in [1.29, 1.82) is 0 Å². The van der Waals surface area contributed by atoms with Crippen LogP contribution < -0.4 is 19.8 Å². The number of fused-ring (bicyclic) bond motifs is 1. The molecular formula is C25H28N4O5S. The third-order valence-electron chi connectivity index (χ3n) is 6.31. The van der Waals surface area contributed by atoms with E-state index in [0.717, 1.165) is 24.3 Å². The third-order valence-corrected chi connectivity index (χ3v) is 7.71. The third kappa shape index (κ3) is 5.04. The van der Waals surface area contributed by atoms with Crippen LogP contribution in [0.3, 0.4) is 0 Å². The fraction of sp³-hybridized carbons (Fsp3) is 0.320. The maximum absolute atomic E-state index is 13.2. The van der Waals surface area contributed by atoms with Crippen molar-refractivity contribution in [2.24, 2.45) is 0 Å². The first kappa shape index (κ1) is 23.4. The highest BCUT2D eigenvalue weighted by molar-refractivity contribution is 7.89. The zero-order valence-corrected chi connectivity index (χ0v) is 20.3. The monoisotopic (exact) mass is 496 g/mol. The molecule has 3 aromatic rings. The van der Waals surface area contributed by atoms with E-state index in [1.165, 1.54) is 6.26 Å². The van der Waals surface area contributed by atoms with Gasteiger partial charge in [-0.25, -0.2) is 17.9 Å². The summed E-state index contributed by atoms with van der Waals surface area (Å²) in [5.41, 5.74) is 3.29. The van der Waals surface area contributed by atoms with Gasteiger partial charge in [-0.1, -0.05) is 6.07 Å². The number of nitrogens with one attached hydrogen (secondary N) is 2. The van der Waals surface area contributed by atoms with Crippen LogP contribution in [-0.2, 0) is 27.7 Å². The van der Waals surface area contributed by atoms with E-state index in [-0.39, 0.29) is 23.5 Å². The molecule has 1 saturated heterocycles. The van der Waals surface area contributed by atoms with Gasteiger partial charge in [-0.3, -0.25) is 4.90 Å². The molecule has 35 heavy (non-hydrogen) atoms. The Kier molecular flexibility index (Phi) is 6.50. The van der Waals surface area contributed by atoms with Crippen molar-refractivity contribution >= 4 is 33.1 Å². The number of carbonyl (C=O) groups is 1. The number of ether oxygens (including phenoxy) is 1. The molecule has 2 N–H and O–H groups in total. The van der Waals surface area contributed by atoms with Crippen LogP contribution in [-0.4, -0.2) is 46.8 Å². The number of hydrogen-bond donors (Lipinski definition) is 2. The van der Waals surface area contributed by atoms with Crippen LogP contribution in [0, 0.1) is 0 Å². The van der Waals surface area contributed by atoms with E-state index in [1.807, 2.05) is 31.2 Å². The summed E-state index contributed by atoms with van der Waals surface area (Å²) in [6.07, 6.45) is 2.14. The van der Waals surface area contributed by atoms with Gasteiger partial charge < -0.3 is 19.4 Å². The molecule has 0 radical (unpaired) electrons. The fourth-order valence-electron chi connectivity index (χ4n) is 4.49. The summed E-state index contributed by atoms with van der Waals surface area (Å²) in [5.74, 6) is 0.518. The molecule has 2 amide bonds. The Balaban J connectivity index is 1.30. The molecule has 9 nitrogen and oxygen atoms in total. The summed E-state index contributed by atoms with van der Waals surface area (Å²) in [7, 11) is -3.78. The largest absolute Gasteiger partial charge is 0.468 e. The second-order valence-electron chi connectivity index (χ2n) is 8.69. The number of anilines is 3. The van der Waals surface area contributed by atoms with Gasteiger partial charge in [0.2, 0.25) is 10.0 Å². The normalized spacial score (nSPS) is 17.9. The topological polar surface area (TPSA) is 104 Å². The number of hydrogen-bond acceptors (Lipinski definition) is 6. The minimum absolute atomic E-state index is 0.0491. The fourth-order valence-corrected chi connectivity index (χ4v) is 5.50. The second kappa shape index (κ2) is 9.73. The lowest BCUT2D eigenvalue weighted by molar-refractivity contribution is 0.122. The van der Waals surface area contributed by atoms with Crippen LogP contribution >= 0.6 is 0 Å². The summed E-state index contributed by atoms with van der Waals surface area (Å²) >= 11 is 0. The molecule has 3 heterocycles. The molecule has 0 aliphatic carbocycles. The summed E-state index contributed by atoms with van der Waals surface area (Å²) in [6.45, 7) is 5.10. The Hall–Kier alpha value is -3.34. The lowest BCUT2D eigenvalue weighted by Gasteiger charge is -2.29. The van der Waals surface area contributed by atoms with Gasteiger partial charge in [-0.2, -0.15) is 0 Å². The predicted molar refractivity (Wildman–Crippen MR) is 133 cm³/mol. The van der Waals surface area contributed by atoms with Crippen molar-refractivity contribution in [3.63, 3.8) is 0 Å². The molecule has 2 aromatic carbocycles. The van der Waals surface area contributed by atoms with Gasteiger partial charge in [-0.15, -0.1) is 0 Å². The van der Waals surface area contributed by atoms with E-state index < -0.39 is 10.0 Å². The van der Waals surface area contributed by atoms with Crippen molar-refractivity contribution in [2.45, 2.75) is 30.8 Å². The number of nitrogens with zero attached hydrogens (tertiary/aromatic N) is 2. The summed E-state index contributed by atoms with van der Waals surface area (Å²) in [5, 5.41) is 2.95. The Bertz CT molecular complexity index is 1290.